The number of thiophene rings is 1. The second kappa shape index (κ2) is 4.52. The van der Waals surface area contributed by atoms with Gasteiger partial charge in [0, 0.05) is 14.8 Å². The first-order chi connectivity index (χ1) is 8.03. The average Bonchev–Trinajstić information content (AvgIpc) is 2.80. The van der Waals surface area contributed by atoms with Gasteiger partial charge in [0.2, 0.25) is 0 Å². The van der Waals surface area contributed by atoms with Crippen LogP contribution in [0.25, 0.3) is 10.4 Å². The molecule has 1 heterocycles. The first kappa shape index (κ1) is 12.2. The quantitative estimate of drug-likeness (QED) is 0.757. The Balaban J connectivity index is 2.37. The molecule has 1 aromatic carbocycles. The summed E-state index contributed by atoms with van der Waals surface area (Å²) >= 11 is 7.52. The SMILES string of the molecule is CC(C)(C#N)c1ccc(-c2ccc(Cl)cc2)s1. The Kier molecular flexibility index (Phi) is 3.24. The van der Waals surface area contributed by atoms with Crippen LogP contribution < -0.4 is 0 Å². The monoisotopic (exact) mass is 261 g/mol. The molecule has 0 aliphatic carbocycles. The number of nitriles is 1. The van der Waals surface area contributed by atoms with Crippen LogP contribution in [0.2, 0.25) is 5.02 Å². The lowest BCUT2D eigenvalue weighted by molar-refractivity contribution is 0.703. The maximum Gasteiger partial charge on any atom is 0.0859 e. The van der Waals surface area contributed by atoms with Gasteiger partial charge in [0.15, 0.2) is 0 Å². The molecule has 0 bridgehead atoms. The second-order valence-electron chi connectivity index (χ2n) is 4.41. The summed E-state index contributed by atoms with van der Waals surface area (Å²) < 4.78 is 0. The molecule has 1 aromatic heterocycles. The van der Waals surface area contributed by atoms with E-state index in [1.54, 1.807) is 11.3 Å². The van der Waals surface area contributed by atoms with Crippen molar-refractivity contribution in [1.29, 1.82) is 5.26 Å². The van der Waals surface area contributed by atoms with Crippen molar-refractivity contribution in [1.82, 2.24) is 0 Å². The van der Waals surface area contributed by atoms with E-state index >= 15 is 0 Å². The zero-order valence-corrected chi connectivity index (χ0v) is 11.3. The Hall–Kier alpha value is -1.30. The van der Waals surface area contributed by atoms with Crippen LogP contribution in [0.5, 0.6) is 0 Å². The van der Waals surface area contributed by atoms with Gasteiger partial charge in [0.05, 0.1) is 11.5 Å². The molecule has 0 atom stereocenters. The third-order valence-corrected chi connectivity index (χ3v) is 4.34. The number of rotatable bonds is 2. The van der Waals surface area contributed by atoms with Crippen LogP contribution in [-0.2, 0) is 5.41 Å². The first-order valence-electron chi connectivity index (χ1n) is 5.30. The fourth-order valence-corrected chi connectivity index (χ4v) is 2.69. The molecule has 0 aliphatic heterocycles. The summed E-state index contributed by atoms with van der Waals surface area (Å²) in [5.41, 5.74) is 0.717. The zero-order valence-electron chi connectivity index (χ0n) is 9.70. The number of benzene rings is 1. The van der Waals surface area contributed by atoms with Crippen molar-refractivity contribution in [2.45, 2.75) is 19.3 Å². The number of nitrogens with zero attached hydrogens (tertiary/aromatic N) is 1. The van der Waals surface area contributed by atoms with E-state index in [2.05, 4.69) is 12.1 Å². The van der Waals surface area contributed by atoms with E-state index in [9.17, 15) is 0 Å². The first-order valence-corrected chi connectivity index (χ1v) is 6.50. The molecule has 17 heavy (non-hydrogen) atoms. The molecule has 0 radical (unpaired) electrons. The van der Waals surface area contributed by atoms with Crippen LogP contribution in [0.3, 0.4) is 0 Å². The van der Waals surface area contributed by atoms with E-state index in [1.807, 2.05) is 44.2 Å². The third-order valence-electron chi connectivity index (χ3n) is 2.63. The van der Waals surface area contributed by atoms with Crippen molar-refractivity contribution in [3.63, 3.8) is 0 Å². The molecule has 2 rings (SSSR count). The Labute approximate surface area is 110 Å². The molecule has 2 aromatic rings. The van der Waals surface area contributed by atoms with E-state index in [1.165, 1.54) is 4.88 Å². The van der Waals surface area contributed by atoms with E-state index < -0.39 is 5.41 Å². The number of halogens is 1. The molecule has 0 N–H and O–H groups in total. The van der Waals surface area contributed by atoms with Crippen LogP contribution >= 0.6 is 22.9 Å². The fourth-order valence-electron chi connectivity index (χ4n) is 1.50. The van der Waals surface area contributed by atoms with Gasteiger partial charge in [-0.2, -0.15) is 5.26 Å². The van der Waals surface area contributed by atoms with Crippen molar-refractivity contribution in [3.05, 3.63) is 46.3 Å². The number of hydrogen-bond acceptors (Lipinski definition) is 2. The number of hydrogen-bond donors (Lipinski definition) is 0. The molecule has 1 nitrogen and oxygen atoms in total. The predicted molar refractivity (Wildman–Crippen MR) is 73.4 cm³/mol. The molecule has 0 aliphatic rings. The van der Waals surface area contributed by atoms with Crippen molar-refractivity contribution >= 4 is 22.9 Å². The lowest BCUT2D eigenvalue weighted by Crippen LogP contribution is -2.10. The minimum Gasteiger partial charge on any atom is -0.197 e. The van der Waals surface area contributed by atoms with E-state index in [0.717, 1.165) is 15.5 Å². The fraction of sp³-hybridized carbons (Fsp3) is 0.214. The molecule has 0 saturated carbocycles. The Morgan fingerprint density at radius 2 is 1.76 bits per heavy atom. The van der Waals surface area contributed by atoms with Crippen LogP contribution in [0.15, 0.2) is 36.4 Å². The highest BCUT2D eigenvalue weighted by molar-refractivity contribution is 7.15. The summed E-state index contributed by atoms with van der Waals surface area (Å²) in [6.45, 7) is 3.87. The van der Waals surface area contributed by atoms with Gasteiger partial charge >= 0.3 is 0 Å². The highest BCUT2D eigenvalue weighted by Crippen LogP contribution is 2.35. The van der Waals surface area contributed by atoms with Gasteiger partial charge in [-0.3, -0.25) is 0 Å². The normalized spacial score (nSPS) is 11.2. The van der Waals surface area contributed by atoms with Gasteiger partial charge in [-0.05, 0) is 43.7 Å². The second-order valence-corrected chi connectivity index (χ2v) is 5.93. The summed E-state index contributed by atoms with van der Waals surface area (Å²) in [6, 6.07) is 14.2. The van der Waals surface area contributed by atoms with Crippen LogP contribution in [-0.4, -0.2) is 0 Å². The highest BCUT2D eigenvalue weighted by Gasteiger charge is 2.21. The van der Waals surface area contributed by atoms with Crippen molar-refractivity contribution in [3.8, 4) is 16.5 Å². The molecule has 0 saturated heterocycles. The Morgan fingerprint density at radius 3 is 2.35 bits per heavy atom. The maximum atomic E-state index is 9.10. The minimum absolute atomic E-state index is 0.421. The zero-order chi connectivity index (χ0) is 12.5. The topological polar surface area (TPSA) is 23.8 Å². The van der Waals surface area contributed by atoms with Crippen LogP contribution in [0.1, 0.15) is 18.7 Å². The standard InChI is InChI=1S/C14H12ClNS/c1-14(2,9-16)13-8-7-12(17-13)10-3-5-11(15)6-4-10/h3-8H,1-2H3. The van der Waals surface area contributed by atoms with Gasteiger partial charge < -0.3 is 0 Å². The lowest BCUT2D eigenvalue weighted by atomic mass is 9.94. The molecule has 0 amide bonds. The summed E-state index contributed by atoms with van der Waals surface area (Å²) in [7, 11) is 0. The molecular weight excluding hydrogens is 250 g/mol. The molecular formula is C14H12ClNS. The van der Waals surface area contributed by atoms with E-state index in [0.29, 0.717) is 0 Å². The predicted octanol–water partition coefficient (Wildman–Crippen LogP) is 4.87. The van der Waals surface area contributed by atoms with Gasteiger partial charge in [-0.25, -0.2) is 0 Å². The molecule has 0 fully saturated rings. The van der Waals surface area contributed by atoms with Crippen molar-refractivity contribution in [2.24, 2.45) is 0 Å². The molecule has 0 unspecified atom stereocenters. The Bertz CT molecular complexity index is 561. The average molecular weight is 262 g/mol. The molecule has 3 heteroatoms. The van der Waals surface area contributed by atoms with Gasteiger partial charge in [-0.1, -0.05) is 23.7 Å². The highest BCUT2D eigenvalue weighted by atomic mass is 35.5. The molecule has 0 spiro atoms. The van der Waals surface area contributed by atoms with Crippen molar-refractivity contribution in [2.75, 3.05) is 0 Å². The summed E-state index contributed by atoms with van der Waals surface area (Å²) in [6.07, 6.45) is 0. The third kappa shape index (κ3) is 2.52. The van der Waals surface area contributed by atoms with Crippen LogP contribution in [0.4, 0.5) is 0 Å². The van der Waals surface area contributed by atoms with Gasteiger partial charge in [-0.15, -0.1) is 11.3 Å². The molecule has 86 valence electrons. The summed E-state index contributed by atoms with van der Waals surface area (Å²) in [4.78, 5) is 2.25. The van der Waals surface area contributed by atoms with E-state index in [-0.39, 0.29) is 0 Å². The summed E-state index contributed by atoms with van der Waals surface area (Å²) in [5, 5.41) is 9.84. The summed E-state index contributed by atoms with van der Waals surface area (Å²) in [5.74, 6) is 0. The minimum atomic E-state index is -0.421. The van der Waals surface area contributed by atoms with Crippen LogP contribution in [0, 0.1) is 11.3 Å². The maximum absolute atomic E-state index is 9.10. The van der Waals surface area contributed by atoms with E-state index in [4.69, 9.17) is 16.9 Å². The van der Waals surface area contributed by atoms with Crippen molar-refractivity contribution < 1.29 is 0 Å². The lowest BCUT2D eigenvalue weighted by Gasteiger charge is -2.11. The van der Waals surface area contributed by atoms with Gasteiger partial charge in [0.1, 0.15) is 0 Å². The largest absolute Gasteiger partial charge is 0.197 e. The van der Waals surface area contributed by atoms with Gasteiger partial charge in [0.25, 0.3) is 0 Å². The Morgan fingerprint density at radius 1 is 1.12 bits per heavy atom. The smallest absolute Gasteiger partial charge is 0.0859 e.